The Morgan fingerprint density at radius 2 is 2.17 bits per heavy atom. The lowest BCUT2D eigenvalue weighted by molar-refractivity contribution is -0.407. The Bertz CT molecular complexity index is 157. The second-order valence-electron chi connectivity index (χ2n) is 3.93. The summed E-state index contributed by atoms with van der Waals surface area (Å²) in [6.45, 7) is 5.06. The fourth-order valence-corrected chi connectivity index (χ4v) is 1.47. The van der Waals surface area contributed by atoms with Crippen LogP contribution in [-0.2, 0) is 14.5 Å². The van der Waals surface area contributed by atoms with Gasteiger partial charge in [0.15, 0.2) is 0 Å². The monoisotopic (exact) mass is 172 g/mol. The molecule has 0 aliphatic carbocycles. The van der Waals surface area contributed by atoms with Crippen LogP contribution in [0.4, 0.5) is 0 Å². The van der Waals surface area contributed by atoms with Gasteiger partial charge in [0.1, 0.15) is 17.8 Å². The van der Waals surface area contributed by atoms with E-state index in [4.69, 9.17) is 14.5 Å². The van der Waals surface area contributed by atoms with E-state index < -0.39 is 0 Å². The van der Waals surface area contributed by atoms with Crippen LogP contribution in [0.2, 0.25) is 0 Å². The topological polar surface area (TPSA) is 31.0 Å². The first kappa shape index (κ1) is 8.48. The first-order valence-corrected chi connectivity index (χ1v) is 4.69. The van der Waals surface area contributed by atoms with E-state index in [-0.39, 0.29) is 11.7 Å². The summed E-state index contributed by atoms with van der Waals surface area (Å²) in [5.41, 5.74) is -0.0641. The van der Waals surface area contributed by atoms with E-state index in [0.717, 1.165) is 25.9 Å². The predicted octanol–water partition coefficient (Wildman–Crippen LogP) is 1.66. The smallest absolute Gasteiger partial charge is 0.121 e. The molecule has 2 aliphatic rings. The summed E-state index contributed by atoms with van der Waals surface area (Å²) in [6.07, 6.45) is 3.64. The van der Waals surface area contributed by atoms with Crippen LogP contribution in [-0.4, -0.2) is 24.4 Å². The average molecular weight is 172 g/mol. The minimum atomic E-state index is -0.0641. The zero-order valence-corrected chi connectivity index (χ0v) is 7.71. The lowest BCUT2D eigenvalue weighted by Gasteiger charge is -2.34. The molecular formula is C9H16O3. The van der Waals surface area contributed by atoms with E-state index in [2.05, 4.69) is 13.8 Å². The Labute approximate surface area is 72.9 Å². The van der Waals surface area contributed by atoms with Gasteiger partial charge in [-0.25, -0.2) is 9.78 Å². The molecule has 3 heteroatoms. The number of rotatable bonds is 2. The summed E-state index contributed by atoms with van der Waals surface area (Å²) < 4.78 is 5.14. The summed E-state index contributed by atoms with van der Waals surface area (Å²) in [5.74, 6) is 0. The predicted molar refractivity (Wildman–Crippen MR) is 43.6 cm³/mol. The molecule has 3 nitrogen and oxygen atoms in total. The molecule has 3 atom stereocenters. The molecule has 2 heterocycles. The van der Waals surface area contributed by atoms with Crippen molar-refractivity contribution >= 4 is 0 Å². The molecule has 0 aromatic rings. The summed E-state index contributed by atoms with van der Waals surface area (Å²) >= 11 is 0. The first-order chi connectivity index (χ1) is 5.73. The molecule has 2 aliphatic heterocycles. The molecular weight excluding hydrogens is 156 g/mol. The molecule has 70 valence electrons. The molecule has 12 heavy (non-hydrogen) atoms. The maximum Gasteiger partial charge on any atom is 0.121 e. The van der Waals surface area contributed by atoms with E-state index in [1.165, 1.54) is 0 Å². The number of ether oxygens (including phenoxy) is 1. The molecule has 0 aromatic carbocycles. The van der Waals surface area contributed by atoms with Gasteiger partial charge in [-0.1, -0.05) is 6.92 Å². The Hall–Kier alpha value is -0.120. The number of epoxide rings is 1. The second kappa shape index (κ2) is 2.98. The lowest BCUT2D eigenvalue weighted by atomic mass is 9.94. The Kier molecular flexibility index (Phi) is 2.10. The van der Waals surface area contributed by atoms with Crippen molar-refractivity contribution in [1.29, 1.82) is 0 Å². The van der Waals surface area contributed by atoms with Crippen molar-refractivity contribution < 1.29 is 14.5 Å². The largest absolute Gasteiger partial charge is 0.370 e. The Morgan fingerprint density at radius 1 is 1.42 bits per heavy atom. The Balaban J connectivity index is 1.83. The van der Waals surface area contributed by atoms with Gasteiger partial charge in [-0.05, 0) is 26.2 Å². The molecule has 0 saturated carbocycles. The zero-order chi connectivity index (χ0) is 8.60. The van der Waals surface area contributed by atoms with E-state index in [0.29, 0.717) is 6.10 Å². The normalized spacial score (nSPS) is 47.5. The third kappa shape index (κ3) is 1.63. The highest BCUT2D eigenvalue weighted by Gasteiger charge is 2.41. The van der Waals surface area contributed by atoms with Crippen LogP contribution in [0.1, 0.15) is 33.1 Å². The molecule has 0 bridgehead atoms. The Morgan fingerprint density at radius 3 is 2.58 bits per heavy atom. The fraction of sp³-hybridized carbons (Fsp3) is 1.00. The molecule has 2 unspecified atom stereocenters. The van der Waals surface area contributed by atoms with Gasteiger partial charge in [0.25, 0.3) is 0 Å². The van der Waals surface area contributed by atoms with Crippen molar-refractivity contribution in [2.75, 3.05) is 6.61 Å². The molecule has 0 amide bonds. The van der Waals surface area contributed by atoms with Crippen LogP contribution < -0.4 is 0 Å². The van der Waals surface area contributed by atoms with E-state index in [1.807, 2.05) is 0 Å². The highest BCUT2D eigenvalue weighted by Crippen LogP contribution is 2.33. The number of hydrogen-bond acceptors (Lipinski definition) is 3. The molecule has 0 radical (unpaired) electrons. The van der Waals surface area contributed by atoms with Crippen LogP contribution in [0.25, 0.3) is 0 Å². The van der Waals surface area contributed by atoms with Crippen molar-refractivity contribution in [2.24, 2.45) is 0 Å². The van der Waals surface area contributed by atoms with Gasteiger partial charge in [-0.2, -0.15) is 0 Å². The van der Waals surface area contributed by atoms with E-state index >= 15 is 0 Å². The fourth-order valence-electron chi connectivity index (χ4n) is 1.47. The third-order valence-electron chi connectivity index (χ3n) is 2.85. The van der Waals surface area contributed by atoms with Gasteiger partial charge < -0.3 is 4.74 Å². The van der Waals surface area contributed by atoms with E-state index in [1.54, 1.807) is 0 Å². The van der Waals surface area contributed by atoms with Gasteiger partial charge in [0.05, 0.1) is 6.61 Å². The summed E-state index contributed by atoms with van der Waals surface area (Å²) in [6, 6.07) is 0. The van der Waals surface area contributed by atoms with Gasteiger partial charge in [0.2, 0.25) is 0 Å². The minimum Gasteiger partial charge on any atom is -0.370 e. The zero-order valence-electron chi connectivity index (χ0n) is 7.71. The standard InChI is InChI=1S/C9H16O3/c1-3-9(2)5-4-7(11-12-9)8-6-10-8/h7-8H,3-6H2,1-2H3/t7-,8?,9?/m0/s1. The van der Waals surface area contributed by atoms with Crippen molar-refractivity contribution in [3.05, 3.63) is 0 Å². The summed E-state index contributed by atoms with van der Waals surface area (Å²) in [4.78, 5) is 10.6. The lowest BCUT2D eigenvalue weighted by Crippen LogP contribution is -2.38. The third-order valence-corrected chi connectivity index (χ3v) is 2.85. The van der Waals surface area contributed by atoms with Crippen LogP contribution >= 0.6 is 0 Å². The van der Waals surface area contributed by atoms with Crippen molar-refractivity contribution in [3.63, 3.8) is 0 Å². The van der Waals surface area contributed by atoms with Gasteiger partial charge in [-0.15, -0.1) is 0 Å². The molecule has 2 fully saturated rings. The summed E-state index contributed by atoms with van der Waals surface area (Å²) in [5, 5.41) is 0. The highest BCUT2D eigenvalue weighted by atomic mass is 17.2. The molecule has 2 saturated heterocycles. The minimum absolute atomic E-state index is 0.0641. The van der Waals surface area contributed by atoms with Gasteiger partial charge in [-0.3, -0.25) is 0 Å². The van der Waals surface area contributed by atoms with Crippen molar-refractivity contribution in [1.82, 2.24) is 0 Å². The van der Waals surface area contributed by atoms with Crippen molar-refractivity contribution in [3.8, 4) is 0 Å². The quantitative estimate of drug-likeness (QED) is 0.469. The van der Waals surface area contributed by atoms with Gasteiger partial charge in [0, 0.05) is 0 Å². The van der Waals surface area contributed by atoms with Gasteiger partial charge >= 0.3 is 0 Å². The van der Waals surface area contributed by atoms with E-state index in [9.17, 15) is 0 Å². The van der Waals surface area contributed by atoms with Crippen molar-refractivity contribution in [2.45, 2.75) is 50.9 Å². The maximum absolute atomic E-state index is 5.35. The van der Waals surface area contributed by atoms with Crippen LogP contribution in [0.5, 0.6) is 0 Å². The first-order valence-electron chi connectivity index (χ1n) is 4.69. The molecule has 0 N–H and O–H groups in total. The molecule has 0 aromatic heterocycles. The van der Waals surface area contributed by atoms with Crippen LogP contribution in [0, 0.1) is 0 Å². The highest BCUT2D eigenvalue weighted by molar-refractivity contribution is 4.85. The SMILES string of the molecule is CCC1(C)CC[C@@H](C2CO2)OO1. The average Bonchev–Trinajstić information content (AvgIpc) is 2.89. The van der Waals surface area contributed by atoms with Crippen LogP contribution in [0.3, 0.4) is 0 Å². The second-order valence-corrected chi connectivity index (χ2v) is 3.93. The molecule has 0 spiro atoms. The molecule has 2 rings (SSSR count). The number of hydrogen-bond donors (Lipinski definition) is 0. The van der Waals surface area contributed by atoms with Crippen LogP contribution in [0.15, 0.2) is 0 Å². The maximum atomic E-state index is 5.35. The summed E-state index contributed by atoms with van der Waals surface area (Å²) in [7, 11) is 0.